The average Bonchev–Trinajstić information content (AvgIpc) is 3.68. The molecule has 8 rings (SSSR count). The molecule has 4 saturated carbocycles. The van der Waals surface area contributed by atoms with E-state index in [1.54, 1.807) is 6.07 Å². The zero-order valence-electron chi connectivity index (χ0n) is 33.0. The topological polar surface area (TPSA) is 65.7 Å². The van der Waals surface area contributed by atoms with Crippen LogP contribution in [0, 0.1) is 46.3 Å². The molecule has 8 atom stereocenters. The predicted octanol–water partition coefficient (Wildman–Crippen LogP) is 12.1. The maximum atomic E-state index is 13.7. The molecule has 7 heteroatoms. The molecule has 0 N–H and O–H groups in total. The summed E-state index contributed by atoms with van der Waals surface area (Å²) in [5.74, 6) is 4.26. The predicted molar refractivity (Wildman–Crippen MR) is 219 cm³/mol. The van der Waals surface area contributed by atoms with Crippen LogP contribution in [0.4, 0.5) is 0 Å². The fourth-order valence-electron chi connectivity index (χ4n) is 12.8. The summed E-state index contributed by atoms with van der Waals surface area (Å²) in [4.78, 5) is 27.2. The molecule has 0 bridgehead atoms. The SMILES string of the molecule is COC1(c2[se]c3c(ccc4cc(C(=O)OC5CCC6(C)C(=CCC7C6CCC6(C)C7CCC6[C@H](C)CCCC(C)C)C5)c(=O)oc43)c2Br)CCCCC1. The molecule has 0 spiro atoms. The van der Waals surface area contributed by atoms with E-state index >= 15 is 0 Å². The van der Waals surface area contributed by atoms with Crippen LogP contribution in [0.5, 0.6) is 0 Å². The van der Waals surface area contributed by atoms with E-state index in [9.17, 15) is 9.59 Å². The van der Waals surface area contributed by atoms with Gasteiger partial charge in [-0.3, -0.25) is 0 Å². The van der Waals surface area contributed by atoms with E-state index in [1.165, 1.54) is 67.8 Å². The van der Waals surface area contributed by atoms with Crippen LogP contribution in [0.1, 0.15) is 152 Å². The molecular weight excluding hydrogens is 791 g/mol. The Morgan fingerprint density at radius 1 is 1.00 bits per heavy atom. The molecule has 0 saturated heterocycles. The van der Waals surface area contributed by atoms with Crippen molar-refractivity contribution in [3.05, 3.63) is 54.7 Å². The molecule has 4 fully saturated rings. The van der Waals surface area contributed by atoms with Crippen molar-refractivity contribution < 1.29 is 18.7 Å². The van der Waals surface area contributed by atoms with Crippen molar-refractivity contribution in [1.82, 2.24) is 0 Å². The molecule has 1 aromatic carbocycles. The maximum absolute atomic E-state index is 13.7. The number of benzene rings is 1. The molecule has 5 aliphatic carbocycles. The Morgan fingerprint density at radius 3 is 2.55 bits per heavy atom. The number of carbonyl (C=O) groups is 1. The zero-order valence-corrected chi connectivity index (χ0v) is 36.3. The van der Waals surface area contributed by atoms with Crippen molar-refractivity contribution in [1.29, 1.82) is 0 Å². The van der Waals surface area contributed by atoms with Gasteiger partial charge in [0.15, 0.2) is 0 Å². The normalized spacial score (nSPS) is 33.0. The molecule has 2 aromatic heterocycles. The molecule has 0 radical (unpaired) electrons. The molecule has 0 aliphatic heterocycles. The first kappa shape index (κ1) is 38.2. The van der Waals surface area contributed by atoms with Gasteiger partial charge in [0.05, 0.1) is 0 Å². The van der Waals surface area contributed by atoms with E-state index in [2.05, 4.69) is 62.7 Å². The molecule has 2 heterocycles. The van der Waals surface area contributed by atoms with E-state index in [4.69, 9.17) is 13.9 Å². The van der Waals surface area contributed by atoms with Crippen LogP contribution in [0.15, 0.2) is 43.5 Å². The number of rotatable bonds is 9. The number of carbonyl (C=O) groups excluding carboxylic acids is 1. The molecule has 53 heavy (non-hydrogen) atoms. The van der Waals surface area contributed by atoms with Crippen LogP contribution in [-0.4, -0.2) is 33.7 Å². The second kappa shape index (κ2) is 14.7. The summed E-state index contributed by atoms with van der Waals surface area (Å²) >= 11 is 3.86. The molecule has 288 valence electrons. The van der Waals surface area contributed by atoms with Gasteiger partial charge in [-0.2, -0.15) is 0 Å². The van der Waals surface area contributed by atoms with Gasteiger partial charge in [0.1, 0.15) is 0 Å². The van der Waals surface area contributed by atoms with Gasteiger partial charge in [-0.25, -0.2) is 0 Å². The third-order valence-electron chi connectivity index (χ3n) is 15.7. The summed E-state index contributed by atoms with van der Waals surface area (Å²) in [5.41, 5.74) is 1.87. The van der Waals surface area contributed by atoms with Gasteiger partial charge in [-0.15, -0.1) is 0 Å². The first-order valence-corrected chi connectivity index (χ1v) is 23.5. The van der Waals surface area contributed by atoms with Gasteiger partial charge >= 0.3 is 225 Å². The average molecular weight is 853 g/mol. The van der Waals surface area contributed by atoms with E-state index in [0.717, 1.165) is 100.0 Å². The zero-order chi connectivity index (χ0) is 37.3. The molecule has 0 amide bonds. The van der Waals surface area contributed by atoms with E-state index in [0.29, 0.717) is 11.0 Å². The first-order valence-electron chi connectivity index (χ1n) is 21.0. The minimum absolute atomic E-state index is 0.00245. The number of hydrogen-bond acceptors (Lipinski definition) is 5. The van der Waals surface area contributed by atoms with Gasteiger partial charge in [0.2, 0.25) is 0 Å². The number of hydrogen-bond donors (Lipinski definition) is 0. The summed E-state index contributed by atoms with van der Waals surface area (Å²) in [6.45, 7) is 12.5. The van der Waals surface area contributed by atoms with Gasteiger partial charge < -0.3 is 0 Å². The molecule has 5 nitrogen and oxygen atoms in total. The monoisotopic (exact) mass is 852 g/mol. The third kappa shape index (κ3) is 6.52. The third-order valence-corrected chi connectivity index (χ3v) is 20.0. The van der Waals surface area contributed by atoms with Crippen LogP contribution in [-0.2, 0) is 15.1 Å². The van der Waals surface area contributed by atoms with Crippen LogP contribution in [0.3, 0.4) is 0 Å². The molecule has 5 aliphatic rings. The number of fused-ring (bicyclic) bond motifs is 8. The van der Waals surface area contributed by atoms with Gasteiger partial charge in [0.25, 0.3) is 0 Å². The van der Waals surface area contributed by atoms with Crippen LogP contribution in [0.2, 0.25) is 0 Å². The number of ether oxygens (including phenoxy) is 2. The summed E-state index contributed by atoms with van der Waals surface area (Å²) in [6.07, 6.45) is 21.4. The number of allylic oxidation sites excluding steroid dienone is 1. The number of methoxy groups -OCH3 is 1. The van der Waals surface area contributed by atoms with Crippen LogP contribution < -0.4 is 5.63 Å². The Balaban J connectivity index is 0.968. The summed E-state index contributed by atoms with van der Waals surface area (Å²) in [6, 6.07) is 5.77. The standard InChI is InChI=1S/C46H61BrO5Se/c1-27(2)11-10-12-28(3)35-17-18-36-32-16-14-30-26-31(19-23-44(30,4)37(32)20-24-45(35,36)5)51-42(48)34-25-29-13-15-33-38(47)41(46(50-6)21-8-7-9-22-46)53-40(33)39(29)52-43(34)49/h13-15,25,27-28,31-32,35-37H,7-12,16-24,26H2,1-6H3/t28-,31?,32?,35?,36?,37?,44?,45?/m1/s1. The number of esters is 1. The Morgan fingerprint density at radius 2 is 1.79 bits per heavy atom. The Hall–Kier alpha value is -1.66. The van der Waals surface area contributed by atoms with E-state index in [-0.39, 0.29) is 37.2 Å². The first-order chi connectivity index (χ1) is 25.4. The van der Waals surface area contributed by atoms with Gasteiger partial charge in [-0.1, -0.05) is 47.0 Å². The fourth-order valence-corrected chi connectivity index (χ4v) is 17.1. The summed E-state index contributed by atoms with van der Waals surface area (Å²) in [7, 11) is 1.83. The van der Waals surface area contributed by atoms with Crippen molar-refractivity contribution in [3.8, 4) is 0 Å². The molecule has 7 unspecified atom stereocenters. The Kier molecular flexibility index (Phi) is 10.6. The summed E-state index contributed by atoms with van der Waals surface area (Å²) in [5, 5.41) is 1.85. The van der Waals surface area contributed by atoms with Crippen molar-refractivity contribution in [2.45, 2.75) is 149 Å². The Labute approximate surface area is 331 Å². The van der Waals surface area contributed by atoms with E-state index in [1.807, 2.05) is 13.2 Å². The van der Waals surface area contributed by atoms with Crippen molar-refractivity contribution in [2.24, 2.45) is 46.3 Å². The molecule has 3 aromatic rings. The van der Waals surface area contributed by atoms with Gasteiger partial charge in [-0.05, 0) is 60.7 Å². The van der Waals surface area contributed by atoms with Gasteiger partial charge in [0, 0.05) is 0 Å². The van der Waals surface area contributed by atoms with Crippen LogP contribution >= 0.6 is 15.9 Å². The minimum atomic E-state index is -0.606. The quantitative estimate of drug-likeness (QED) is 0.0928. The molecular formula is C46H61BrO5Se. The van der Waals surface area contributed by atoms with Crippen molar-refractivity contribution in [3.63, 3.8) is 0 Å². The number of halogens is 1. The van der Waals surface area contributed by atoms with E-state index < -0.39 is 11.6 Å². The van der Waals surface area contributed by atoms with Crippen LogP contribution in [0.25, 0.3) is 20.6 Å². The fraction of sp³-hybridized carbons (Fsp3) is 0.696. The van der Waals surface area contributed by atoms with Crippen molar-refractivity contribution >= 4 is 57.0 Å². The second-order valence-corrected chi connectivity index (χ2v) is 21.8. The Bertz CT molecular complexity index is 1950. The second-order valence-electron chi connectivity index (χ2n) is 18.9. The summed E-state index contributed by atoms with van der Waals surface area (Å²) < 4.78 is 21.8. The van der Waals surface area contributed by atoms with Crippen molar-refractivity contribution in [2.75, 3.05) is 7.11 Å².